The Labute approximate surface area is 171 Å². The van der Waals surface area contributed by atoms with Crippen molar-refractivity contribution < 1.29 is 13.2 Å². The van der Waals surface area contributed by atoms with Crippen molar-refractivity contribution in [1.29, 1.82) is 5.26 Å². The van der Waals surface area contributed by atoms with Crippen LogP contribution in [0, 0.1) is 11.3 Å². The third-order valence-corrected chi connectivity index (χ3v) is 5.09. The van der Waals surface area contributed by atoms with Gasteiger partial charge in [-0.2, -0.15) is 10.4 Å². The standard InChI is InChI=1S/C19H14ClN5O3S/c20-15-3-1-12(2-4-15)18-14(11-23-25-18)9-13(10-21)19(26)24-16-5-7-17(8-6-16)29(22,27)28/h1-9,11H,(H,23,25)(H,24,26)(H2,22,27,28). The molecule has 146 valence electrons. The predicted molar refractivity (Wildman–Crippen MR) is 109 cm³/mol. The number of aromatic nitrogens is 2. The molecule has 0 bridgehead atoms. The molecule has 10 heteroatoms. The first-order valence-electron chi connectivity index (χ1n) is 8.13. The molecule has 2 aromatic carbocycles. The number of nitrogens with zero attached hydrogens (tertiary/aromatic N) is 2. The Hall–Kier alpha value is -3.45. The van der Waals surface area contributed by atoms with Crippen molar-refractivity contribution in [2.75, 3.05) is 5.32 Å². The lowest BCUT2D eigenvalue weighted by atomic mass is 10.1. The van der Waals surface area contributed by atoms with Crippen molar-refractivity contribution >= 4 is 39.3 Å². The van der Waals surface area contributed by atoms with E-state index in [1.54, 1.807) is 24.3 Å². The molecule has 0 aliphatic heterocycles. The Balaban J connectivity index is 1.84. The molecule has 0 atom stereocenters. The molecule has 0 unspecified atom stereocenters. The minimum Gasteiger partial charge on any atom is -0.321 e. The van der Waals surface area contributed by atoms with E-state index in [2.05, 4.69) is 15.5 Å². The van der Waals surface area contributed by atoms with Crippen LogP contribution in [0.3, 0.4) is 0 Å². The molecule has 29 heavy (non-hydrogen) atoms. The van der Waals surface area contributed by atoms with Crippen LogP contribution < -0.4 is 10.5 Å². The topological polar surface area (TPSA) is 142 Å². The number of nitriles is 1. The Morgan fingerprint density at radius 3 is 2.41 bits per heavy atom. The summed E-state index contributed by atoms with van der Waals surface area (Å²) >= 11 is 5.90. The third-order valence-electron chi connectivity index (χ3n) is 3.91. The number of anilines is 1. The molecule has 3 rings (SSSR count). The Bertz CT molecular complexity index is 1220. The minimum atomic E-state index is -3.83. The van der Waals surface area contributed by atoms with Crippen LogP contribution in [0.4, 0.5) is 5.69 Å². The zero-order valence-corrected chi connectivity index (χ0v) is 16.3. The van der Waals surface area contributed by atoms with Crippen molar-refractivity contribution in [1.82, 2.24) is 10.2 Å². The molecule has 0 saturated heterocycles. The van der Waals surface area contributed by atoms with E-state index in [9.17, 15) is 18.5 Å². The van der Waals surface area contributed by atoms with E-state index in [1.165, 1.54) is 36.5 Å². The molecule has 0 aliphatic rings. The molecule has 1 amide bonds. The summed E-state index contributed by atoms with van der Waals surface area (Å²) < 4.78 is 22.6. The maximum atomic E-state index is 12.5. The van der Waals surface area contributed by atoms with Crippen LogP contribution in [-0.4, -0.2) is 24.5 Å². The number of aromatic amines is 1. The number of hydrogen-bond acceptors (Lipinski definition) is 5. The number of primary sulfonamides is 1. The first-order valence-corrected chi connectivity index (χ1v) is 10.1. The predicted octanol–water partition coefficient (Wildman–Crippen LogP) is 2.92. The quantitative estimate of drug-likeness (QED) is 0.424. The van der Waals surface area contributed by atoms with Crippen molar-refractivity contribution in [2.45, 2.75) is 4.90 Å². The molecular weight excluding hydrogens is 414 g/mol. The van der Waals surface area contributed by atoms with Crippen LogP contribution in [0.1, 0.15) is 5.56 Å². The molecule has 8 nitrogen and oxygen atoms in total. The molecule has 1 aromatic heterocycles. The van der Waals surface area contributed by atoms with Crippen LogP contribution >= 0.6 is 11.6 Å². The van der Waals surface area contributed by atoms with Crippen molar-refractivity contribution in [3.63, 3.8) is 0 Å². The van der Waals surface area contributed by atoms with Crippen molar-refractivity contribution in [3.05, 3.63) is 70.9 Å². The number of benzene rings is 2. The largest absolute Gasteiger partial charge is 0.321 e. The van der Waals surface area contributed by atoms with Crippen LogP contribution in [0.25, 0.3) is 17.3 Å². The molecule has 0 radical (unpaired) electrons. The Kier molecular flexibility index (Phi) is 5.79. The average molecular weight is 428 g/mol. The highest BCUT2D eigenvalue weighted by molar-refractivity contribution is 7.89. The number of H-pyrrole nitrogens is 1. The van der Waals surface area contributed by atoms with Crippen molar-refractivity contribution in [3.8, 4) is 17.3 Å². The fourth-order valence-corrected chi connectivity index (χ4v) is 3.12. The fraction of sp³-hybridized carbons (Fsp3) is 0. The van der Waals surface area contributed by atoms with Gasteiger partial charge >= 0.3 is 0 Å². The maximum absolute atomic E-state index is 12.5. The highest BCUT2D eigenvalue weighted by Gasteiger charge is 2.14. The van der Waals surface area contributed by atoms with Gasteiger partial charge in [-0.15, -0.1) is 0 Å². The molecule has 0 aliphatic carbocycles. The van der Waals surface area contributed by atoms with Crippen LogP contribution in [0.15, 0.2) is 65.2 Å². The van der Waals surface area contributed by atoms with Gasteiger partial charge in [0.15, 0.2) is 0 Å². The Morgan fingerprint density at radius 2 is 1.83 bits per heavy atom. The van der Waals surface area contributed by atoms with Gasteiger partial charge in [0.05, 0.1) is 16.8 Å². The number of carbonyl (C=O) groups excluding carboxylic acids is 1. The van der Waals surface area contributed by atoms with Gasteiger partial charge in [0.2, 0.25) is 10.0 Å². The third kappa shape index (κ3) is 4.89. The zero-order valence-electron chi connectivity index (χ0n) is 14.8. The molecule has 0 spiro atoms. The van der Waals surface area contributed by atoms with Crippen molar-refractivity contribution in [2.24, 2.45) is 5.14 Å². The van der Waals surface area contributed by atoms with Gasteiger partial charge in [0.25, 0.3) is 5.91 Å². The van der Waals surface area contributed by atoms with E-state index in [4.69, 9.17) is 16.7 Å². The van der Waals surface area contributed by atoms with E-state index in [0.29, 0.717) is 22.0 Å². The molecule has 0 saturated carbocycles. The number of sulfonamides is 1. The highest BCUT2D eigenvalue weighted by atomic mass is 35.5. The lowest BCUT2D eigenvalue weighted by molar-refractivity contribution is -0.112. The summed E-state index contributed by atoms with van der Waals surface area (Å²) in [5, 5.41) is 24.4. The number of amides is 1. The fourth-order valence-electron chi connectivity index (χ4n) is 2.48. The SMILES string of the molecule is N#CC(=Cc1cn[nH]c1-c1ccc(Cl)cc1)C(=O)Nc1ccc(S(N)(=O)=O)cc1. The minimum absolute atomic E-state index is 0.0856. The molecular formula is C19H14ClN5O3S. The highest BCUT2D eigenvalue weighted by Crippen LogP contribution is 2.25. The van der Waals surface area contributed by atoms with E-state index >= 15 is 0 Å². The Morgan fingerprint density at radius 1 is 1.17 bits per heavy atom. The van der Waals surface area contributed by atoms with Gasteiger partial charge in [-0.3, -0.25) is 9.89 Å². The number of hydrogen-bond donors (Lipinski definition) is 3. The van der Waals surface area contributed by atoms with Gasteiger partial charge in [0.1, 0.15) is 11.6 Å². The summed E-state index contributed by atoms with van der Waals surface area (Å²) in [6.45, 7) is 0. The molecule has 4 N–H and O–H groups in total. The monoisotopic (exact) mass is 427 g/mol. The molecule has 1 heterocycles. The van der Waals surface area contributed by atoms with Gasteiger partial charge in [-0.1, -0.05) is 23.7 Å². The summed E-state index contributed by atoms with van der Waals surface area (Å²) in [6.07, 6.45) is 2.90. The van der Waals surface area contributed by atoms with E-state index in [1.807, 2.05) is 6.07 Å². The zero-order chi connectivity index (χ0) is 21.0. The lowest BCUT2D eigenvalue weighted by Gasteiger charge is -2.06. The van der Waals surface area contributed by atoms with Gasteiger partial charge in [0, 0.05) is 21.8 Å². The van der Waals surface area contributed by atoms with Gasteiger partial charge in [-0.05, 0) is 42.5 Å². The summed E-state index contributed by atoms with van der Waals surface area (Å²) in [7, 11) is -3.83. The van der Waals surface area contributed by atoms with E-state index < -0.39 is 15.9 Å². The maximum Gasteiger partial charge on any atom is 0.266 e. The second-order valence-electron chi connectivity index (χ2n) is 5.90. The summed E-state index contributed by atoms with van der Waals surface area (Å²) in [4.78, 5) is 12.4. The van der Waals surface area contributed by atoms with Crippen LogP contribution in [-0.2, 0) is 14.8 Å². The molecule has 3 aromatic rings. The summed E-state index contributed by atoms with van der Waals surface area (Å²) in [5.74, 6) is -0.654. The number of nitrogens with one attached hydrogen (secondary N) is 2. The number of halogens is 1. The first kappa shape index (κ1) is 20.3. The normalized spacial score (nSPS) is 11.7. The van der Waals surface area contributed by atoms with Crippen LogP contribution in [0.5, 0.6) is 0 Å². The number of nitrogens with two attached hydrogens (primary N) is 1. The average Bonchev–Trinajstić information content (AvgIpc) is 3.14. The first-order chi connectivity index (χ1) is 13.8. The number of rotatable bonds is 5. The summed E-state index contributed by atoms with van der Waals surface area (Å²) in [5.41, 5.74) is 2.11. The van der Waals surface area contributed by atoms with E-state index in [-0.39, 0.29) is 10.5 Å². The second-order valence-corrected chi connectivity index (χ2v) is 7.90. The molecule has 0 fully saturated rings. The summed E-state index contributed by atoms with van der Waals surface area (Å²) in [6, 6.07) is 14.1. The van der Waals surface area contributed by atoms with Gasteiger partial charge in [-0.25, -0.2) is 13.6 Å². The lowest BCUT2D eigenvalue weighted by Crippen LogP contribution is -2.14. The van der Waals surface area contributed by atoms with Gasteiger partial charge < -0.3 is 5.32 Å². The second kappa shape index (κ2) is 8.28. The number of carbonyl (C=O) groups is 1. The smallest absolute Gasteiger partial charge is 0.266 e. The van der Waals surface area contributed by atoms with E-state index in [0.717, 1.165) is 5.56 Å². The van der Waals surface area contributed by atoms with Crippen LogP contribution in [0.2, 0.25) is 5.02 Å².